The van der Waals surface area contributed by atoms with Crippen molar-refractivity contribution >= 4 is 16.8 Å². The van der Waals surface area contributed by atoms with E-state index in [9.17, 15) is 18.0 Å². The fraction of sp³-hybridized carbons (Fsp3) is 0.391. The molecule has 1 amide bonds. The Morgan fingerprint density at radius 2 is 2.00 bits per heavy atom. The van der Waals surface area contributed by atoms with Gasteiger partial charge in [-0.25, -0.2) is 9.97 Å². The second-order valence-electron chi connectivity index (χ2n) is 7.93. The van der Waals surface area contributed by atoms with Crippen LogP contribution < -0.4 is 5.32 Å². The Bertz CT molecular complexity index is 1100. The SMILES string of the molecule is COC1CCCN(C(CNC(=O)c2cccc3ncccc23)c2cnc(C(F)(F)F)nc2)C1. The molecule has 3 heterocycles. The van der Waals surface area contributed by atoms with Crippen molar-refractivity contribution in [3.63, 3.8) is 0 Å². The van der Waals surface area contributed by atoms with Gasteiger partial charge in [0.1, 0.15) is 0 Å². The average molecular weight is 459 g/mol. The van der Waals surface area contributed by atoms with Gasteiger partial charge < -0.3 is 10.1 Å². The van der Waals surface area contributed by atoms with E-state index in [0.29, 0.717) is 23.2 Å². The number of carbonyl (C=O) groups excluding carboxylic acids is 1. The van der Waals surface area contributed by atoms with Crippen LogP contribution in [0.25, 0.3) is 10.9 Å². The predicted molar refractivity (Wildman–Crippen MR) is 115 cm³/mol. The summed E-state index contributed by atoms with van der Waals surface area (Å²) in [5.74, 6) is -1.47. The summed E-state index contributed by atoms with van der Waals surface area (Å²) in [5, 5.41) is 3.66. The number of hydrogen-bond acceptors (Lipinski definition) is 6. The third-order valence-corrected chi connectivity index (χ3v) is 5.84. The molecule has 1 N–H and O–H groups in total. The molecule has 0 spiro atoms. The minimum Gasteiger partial charge on any atom is -0.380 e. The number of aromatic nitrogens is 3. The summed E-state index contributed by atoms with van der Waals surface area (Å²) in [6.45, 7) is 1.50. The molecule has 0 bridgehead atoms. The maximum Gasteiger partial charge on any atom is 0.451 e. The lowest BCUT2D eigenvalue weighted by Gasteiger charge is -2.37. The number of nitrogens with zero attached hydrogens (tertiary/aromatic N) is 4. The molecule has 1 aliphatic rings. The van der Waals surface area contributed by atoms with E-state index in [4.69, 9.17) is 4.74 Å². The second kappa shape index (κ2) is 9.80. The van der Waals surface area contributed by atoms with Crippen LogP contribution in [0, 0.1) is 0 Å². The quantitative estimate of drug-likeness (QED) is 0.607. The number of piperidine rings is 1. The molecule has 4 rings (SSSR count). The van der Waals surface area contributed by atoms with Crippen molar-refractivity contribution < 1.29 is 22.7 Å². The summed E-state index contributed by atoms with van der Waals surface area (Å²) in [7, 11) is 1.64. The van der Waals surface area contributed by atoms with E-state index in [1.165, 1.54) is 12.4 Å². The molecule has 1 saturated heterocycles. The van der Waals surface area contributed by atoms with Crippen molar-refractivity contribution in [2.45, 2.75) is 31.2 Å². The molecule has 0 saturated carbocycles. The van der Waals surface area contributed by atoms with E-state index in [0.717, 1.165) is 24.8 Å². The van der Waals surface area contributed by atoms with Crippen molar-refractivity contribution in [2.75, 3.05) is 26.7 Å². The minimum absolute atomic E-state index is 0.0106. The van der Waals surface area contributed by atoms with Gasteiger partial charge in [-0.2, -0.15) is 13.2 Å². The Balaban J connectivity index is 1.57. The van der Waals surface area contributed by atoms with E-state index in [1.807, 2.05) is 12.1 Å². The largest absolute Gasteiger partial charge is 0.451 e. The molecule has 7 nitrogen and oxygen atoms in total. The highest BCUT2D eigenvalue weighted by Crippen LogP contribution is 2.28. The van der Waals surface area contributed by atoms with E-state index in [-0.39, 0.29) is 18.6 Å². The van der Waals surface area contributed by atoms with E-state index in [2.05, 4.69) is 25.2 Å². The molecule has 2 unspecified atom stereocenters. The fourth-order valence-corrected chi connectivity index (χ4v) is 4.14. The van der Waals surface area contributed by atoms with Crippen molar-refractivity contribution in [1.82, 2.24) is 25.2 Å². The molecule has 1 fully saturated rings. The van der Waals surface area contributed by atoms with Gasteiger partial charge in [-0.05, 0) is 37.6 Å². The number of rotatable bonds is 6. The minimum atomic E-state index is -4.61. The predicted octanol–water partition coefficient (Wildman–Crippen LogP) is 3.63. The van der Waals surface area contributed by atoms with Gasteiger partial charge in [0.05, 0.1) is 17.7 Å². The lowest BCUT2D eigenvalue weighted by molar-refractivity contribution is -0.145. The highest BCUT2D eigenvalue weighted by Gasteiger charge is 2.35. The van der Waals surface area contributed by atoms with E-state index < -0.39 is 18.0 Å². The zero-order valence-corrected chi connectivity index (χ0v) is 18.0. The van der Waals surface area contributed by atoms with Crippen molar-refractivity contribution in [1.29, 1.82) is 0 Å². The van der Waals surface area contributed by atoms with Gasteiger partial charge in [-0.3, -0.25) is 14.7 Å². The monoisotopic (exact) mass is 459 g/mol. The molecule has 0 radical (unpaired) electrons. The van der Waals surface area contributed by atoms with Crippen molar-refractivity contribution in [2.24, 2.45) is 0 Å². The Kier molecular flexibility index (Phi) is 6.85. The summed E-state index contributed by atoms with van der Waals surface area (Å²) in [6.07, 6.45) is 1.20. The first-order valence-corrected chi connectivity index (χ1v) is 10.6. The van der Waals surface area contributed by atoms with Crippen LogP contribution in [0.1, 0.15) is 40.6 Å². The Hall–Kier alpha value is -3.11. The first-order chi connectivity index (χ1) is 15.9. The van der Waals surface area contributed by atoms with Crippen LogP contribution in [0.3, 0.4) is 0 Å². The number of benzene rings is 1. The summed E-state index contributed by atoms with van der Waals surface area (Å²) in [6, 6.07) is 8.50. The van der Waals surface area contributed by atoms with Crippen LogP contribution in [0.5, 0.6) is 0 Å². The standard InChI is InChI=1S/C23H24F3N5O2/c1-33-16-5-4-10-31(14-16)20(15-11-29-22(30-12-15)23(24,25)26)13-28-21(32)18-6-2-8-19-17(18)7-3-9-27-19/h2-3,6-9,11-12,16,20H,4-5,10,13-14H2,1H3,(H,28,32). The Morgan fingerprint density at radius 3 is 2.73 bits per heavy atom. The number of pyridine rings is 1. The average Bonchev–Trinajstić information content (AvgIpc) is 2.83. The van der Waals surface area contributed by atoms with Crippen molar-refractivity contribution in [3.8, 4) is 0 Å². The number of carbonyl (C=O) groups is 1. The second-order valence-corrected chi connectivity index (χ2v) is 7.93. The lowest BCUT2D eigenvalue weighted by Crippen LogP contribution is -2.45. The normalized spacial score (nSPS) is 18.2. The van der Waals surface area contributed by atoms with Crippen LogP contribution in [-0.4, -0.2) is 58.6 Å². The number of methoxy groups -OCH3 is 1. The van der Waals surface area contributed by atoms with Gasteiger partial charge in [0.15, 0.2) is 0 Å². The van der Waals surface area contributed by atoms with Crippen LogP contribution in [0.2, 0.25) is 0 Å². The number of fused-ring (bicyclic) bond motifs is 1. The molecular formula is C23H24F3N5O2. The first kappa shape index (κ1) is 23.1. The third-order valence-electron chi connectivity index (χ3n) is 5.84. The molecule has 1 aliphatic heterocycles. The van der Waals surface area contributed by atoms with E-state index in [1.54, 1.807) is 31.5 Å². The number of alkyl halides is 3. The highest BCUT2D eigenvalue weighted by molar-refractivity contribution is 6.06. The molecule has 0 aliphatic carbocycles. The Labute approximate surface area is 189 Å². The van der Waals surface area contributed by atoms with Crippen molar-refractivity contribution in [3.05, 3.63) is 65.9 Å². The van der Waals surface area contributed by atoms with Crippen LogP contribution in [-0.2, 0) is 10.9 Å². The number of hydrogen-bond donors (Lipinski definition) is 1. The van der Waals surface area contributed by atoms with Gasteiger partial charge >= 0.3 is 6.18 Å². The number of nitrogens with one attached hydrogen (secondary N) is 1. The molecule has 2 atom stereocenters. The maximum atomic E-state index is 13.0. The Morgan fingerprint density at radius 1 is 1.21 bits per heavy atom. The van der Waals surface area contributed by atoms with Gasteiger partial charge in [-0.15, -0.1) is 0 Å². The molecule has 174 valence electrons. The number of amides is 1. The van der Waals surface area contributed by atoms with Gasteiger partial charge in [0.25, 0.3) is 5.91 Å². The zero-order valence-electron chi connectivity index (χ0n) is 18.0. The molecule has 10 heteroatoms. The van der Waals surface area contributed by atoms with Gasteiger partial charge in [0.2, 0.25) is 5.82 Å². The van der Waals surface area contributed by atoms with Crippen LogP contribution >= 0.6 is 0 Å². The molecule has 2 aromatic heterocycles. The molecule has 1 aromatic carbocycles. The lowest BCUT2D eigenvalue weighted by atomic mass is 10.0. The van der Waals surface area contributed by atoms with E-state index >= 15 is 0 Å². The van der Waals surface area contributed by atoms with Gasteiger partial charge in [0, 0.05) is 55.3 Å². The van der Waals surface area contributed by atoms with Crippen LogP contribution in [0.15, 0.2) is 48.9 Å². The summed E-state index contributed by atoms with van der Waals surface area (Å²) in [5.41, 5.74) is 1.69. The summed E-state index contributed by atoms with van der Waals surface area (Å²) in [4.78, 5) is 26.4. The smallest absolute Gasteiger partial charge is 0.380 e. The maximum absolute atomic E-state index is 13.0. The van der Waals surface area contributed by atoms with Crippen LogP contribution in [0.4, 0.5) is 13.2 Å². The topological polar surface area (TPSA) is 80.2 Å². The fourth-order valence-electron chi connectivity index (χ4n) is 4.14. The molecular weight excluding hydrogens is 435 g/mol. The number of halogens is 3. The molecule has 3 aromatic rings. The summed E-state index contributed by atoms with van der Waals surface area (Å²) >= 11 is 0. The third kappa shape index (κ3) is 5.28. The first-order valence-electron chi connectivity index (χ1n) is 10.6. The highest BCUT2D eigenvalue weighted by atomic mass is 19.4. The summed E-state index contributed by atoms with van der Waals surface area (Å²) < 4.78 is 44.3. The molecule has 33 heavy (non-hydrogen) atoms. The number of likely N-dealkylation sites (tertiary alicyclic amines) is 1. The zero-order chi connectivity index (χ0) is 23.4. The van der Waals surface area contributed by atoms with Gasteiger partial charge in [-0.1, -0.05) is 12.1 Å². The number of ether oxygens (including phenoxy) is 1.